The van der Waals surface area contributed by atoms with Crippen molar-refractivity contribution in [1.82, 2.24) is 9.80 Å². The second kappa shape index (κ2) is 8.15. The lowest BCUT2D eigenvalue weighted by Gasteiger charge is -2.36. The highest BCUT2D eigenvalue weighted by atomic mass is 16.3. The summed E-state index contributed by atoms with van der Waals surface area (Å²) in [6.45, 7) is 4.75. The van der Waals surface area contributed by atoms with Crippen molar-refractivity contribution >= 4 is 11.7 Å². The van der Waals surface area contributed by atoms with E-state index in [1.807, 2.05) is 36.1 Å². The number of aliphatic hydroxyl groups excluding tert-OH is 1. The van der Waals surface area contributed by atoms with Crippen molar-refractivity contribution in [2.45, 2.75) is 32.2 Å². The van der Waals surface area contributed by atoms with E-state index in [4.69, 9.17) is 5.11 Å². The SMILES string of the molecule is Cc1ccc(NC(=O)N2CCC(N(C)CCCO)CC2)cc1. The third-order valence-electron chi connectivity index (χ3n) is 4.35. The maximum absolute atomic E-state index is 12.3. The molecule has 1 aromatic rings. The average Bonchev–Trinajstić information content (AvgIpc) is 2.55. The van der Waals surface area contributed by atoms with E-state index in [0.29, 0.717) is 6.04 Å². The Hall–Kier alpha value is -1.59. The Morgan fingerprint density at radius 1 is 1.32 bits per heavy atom. The summed E-state index contributed by atoms with van der Waals surface area (Å²) in [5.41, 5.74) is 2.03. The highest BCUT2D eigenvalue weighted by molar-refractivity contribution is 5.89. The van der Waals surface area contributed by atoms with Gasteiger partial charge in [-0.25, -0.2) is 4.79 Å². The third-order valence-corrected chi connectivity index (χ3v) is 4.35. The number of carbonyl (C=O) groups is 1. The number of carbonyl (C=O) groups excluding carboxylic acids is 1. The van der Waals surface area contributed by atoms with Gasteiger partial charge in [-0.1, -0.05) is 17.7 Å². The number of benzene rings is 1. The van der Waals surface area contributed by atoms with E-state index in [2.05, 4.69) is 17.3 Å². The lowest BCUT2D eigenvalue weighted by Crippen LogP contribution is -2.47. The van der Waals surface area contributed by atoms with Crippen LogP contribution in [-0.2, 0) is 0 Å². The second-order valence-electron chi connectivity index (χ2n) is 6.07. The van der Waals surface area contributed by atoms with Crippen LogP contribution in [0.15, 0.2) is 24.3 Å². The van der Waals surface area contributed by atoms with E-state index in [1.54, 1.807) is 0 Å². The maximum Gasteiger partial charge on any atom is 0.321 e. The van der Waals surface area contributed by atoms with E-state index < -0.39 is 0 Å². The quantitative estimate of drug-likeness (QED) is 0.877. The minimum atomic E-state index is -0.0136. The summed E-state index contributed by atoms with van der Waals surface area (Å²) in [7, 11) is 2.10. The number of likely N-dealkylation sites (tertiary alicyclic amines) is 1. The fraction of sp³-hybridized carbons (Fsp3) is 0.588. The lowest BCUT2D eigenvalue weighted by molar-refractivity contribution is 0.134. The van der Waals surface area contributed by atoms with Crippen LogP contribution >= 0.6 is 0 Å². The predicted octanol–water partition coefficient (Wildman–Crippen LogP) is 2.31. The molecule has 1 aliphatic heterocycles. The number of hydrogen-bond donors (Lipinski definition) is 2. The Morgan fingerprint density at radius 3 is 2.55 bits per heavy atom. The van der Waals surface area contributed by atoms with Gasteiger partial charge in [-0.05, 0) is 45.4 Å². The number of piperidine rings is 1. The molecule has 1 fully saturated rings. The number of urea groups is 1. The van der Waals surface area contributed by atoms with E-state index in [-0.39, 0.29) is 12.6 Å². The molecule has 0 radical (unpaired) electrons. The number of hydrogen-bond acceptors (Lipinski definition) is 3. The standard InChI is InChI=1S/C17H27N3O2/c1-14-4-6-15(7-5-14)18-17(22)20-11-8-16(9-12-20)19(2)10-3-13-21/h4-7,16,21H,3,8-13H2,1-2H3,(H,18,22). The third kappa shape index (κ3) is 4.71. The first-order valence-corrected chi connectivity index (χ1v) is 8.04. The van der Waals surface area contributed by atoms with Crippen LogP contribution in [-0.4, -0.2) is 60.3 Å². The Morgan fingerprint density at radius 2 is 1.95 bits per heavy atom. The van der Waals surface area contributed by atoms with Crippen molar-refractivity contribution in [3.05, 3.63) is 29.8 Å². The zero-order valence-electron chi connectivity index (χ0n) is 13.6. The number of nitrogens with zero attached hydrogens (tertiary/aromatic N) is 2. The molecule has 0 atom stereocenters. The van der Waals surface area contributed by atoms with Crippen LogP contribution in [0.3, 0.4) is 0 Å². The topological polar surface area (TPSA) is 55.8 Å². The van der Waals surface area contributed by atoms with Gasteiger partial charge < -0.3 is 20.2 Å². The van der Waals surface area contributed by atoms with Gasteiger partial charge in [0.25, 0.3) is 0 Å². The summed E-state index contributed by atoms with van der Waals surface area (Å²) in [6, 6.07) is 8.36. The maximum atomic E-state index is 12.3. The smallest absolute Gasteiger partial charge is 0.321 e. The van der Waals surface area contributed by atoms with Crippen molar-refractivity contribution in [1.29, 1.82) is 0 Å². The molecule has 0 spiro atoms. The first-order chi connectivity index (χ1) is 10.6. The van der Waals surface area contributed by atoms with Crippen LogP contribution in [0.4, 0.5) is 10.5 Å². The van der Waals surface area contributed by atoms with E-state index in [1.165, 1.54) is 5.56 Å². The summed E-state index contributed by atoms with van der Waals surface area (Å²) in [5, 5.41) is 11.9. The fourth-order valence-electron chi connectivity index (χ4n) is 2.85. The van der Waals surface area contributed by atoms with E-state index in [9.17, 15) is 4.79 Å². The second-order valence-corrected chi connectivity index (χ2v) is 6.07. The lowest BCUT2D eigenvalue weighted by atomic mass is 10.0. The first-order valence-electron chi connectivity index (χ1n) is 8.04. The largest absolute Gasteiger partial charge is 0.396 e. The van der Waals surface area contributed by atoms with E-state index in [0.717, 1.165) is 44.6 Å². The Labute approximate surface area is 132 Å². The van der Waals surface area contributed by atoms with Crippen LogP contribution in [0.2, 0.25) is 0 Å². The number of amides is 2. The normalized spacial score (nSPS) is 16.1. The molecule has 5 heteroatoms. The number of aliphatic hydroxyl groups is 1. The van der Waals surface area contributed by atoms with Crippen LogP contribution in [0.5, 0.6) is 0 Å². The van der Waals surface area contributed by atoms with Crippen LogP contribution in [0, 0.1) is 6.92 Å². The molecule has 122 valence electrons. The van der Waals surface area contributed by atoms with Crippen molar-refractivity contribution in [2.75, 3.05) is 38.6 Å². The van der Waals surface area contributed by atoms with Gasteiger partial charge in [-0.3, -0.25) is 0 Å². The summed E-state index contributed by atoms with van der Waals surface area (Å²) >= 11 is 0. The molecule has 1 aromatic carbocycles. The summed E-state index contributed by atoms with van der Waals surface area (Å²) in [4.78, 5) is 16.5. The Kier molecular flexibility index (Phi) is 6.21. The molecule has 1 saturated heterocycles. The highest BCUT2D eigenvalue weighted by Gasteiger charge is 2.24. The Bertz CT molecular complexity index is 467. The molecule has 0 unspecified atom stereocenters. The van der Waals surface area contributed by atoms with Gasteiger partial charge in [0.15, 0.2) is 0 Å². The minimum absolute atomic E-state index is 0.0136. The molecule has 1 aliphatic rings. The molecule has 5 nitrogen and oxygen atoms in total. The summed E-state index contributed by atoms with van der Waals surface area (Å²) < 4.78 is 0. The van der Waals surface area contributed by atoms with Gasteiger partial charge in [-0.15, -0.1) is 0 Å². The van der Waals surface area contributed by atoms with Gasteiger partial charge in [0.2, 0.25) is 0 Å². The number of nitrogens with one attached hydrogen (secondary N) is 1. The van der Waals surface area contributed by atoms with Crippen LogP contribution < -0.4 is 5.32 Å². The molecule has 0 aromatic heterocycles. The van der Waals surface area contributed by atoms with Gasteiger partial charge in [0.1, 0.15) is 0 Å². The fourth-order valence-corrected chi connectivity index (χ4v) is 2.85. The van der Waals surface area contributed by atoms with Crippen molar-refractivity contribution < 1.29 is 9.90 Å². The molecule has 0 saturated carbocycles. The molecule has 0 aliphatic carbocycles. The molecule has 1 heterocycles. The van der Waals surface area contributed by atoms with Crippen molar-refractivity contribution in [3.8, 4) is 0 Å². The number of aryl methyl sites for hydroxylation is 1. The molecular formula is C17H27N3O2. The Balaban J connectivity index is 1.78. The average molecular weight is 305 g/mol. The highest BCUT2D eigenvalue weighted by Crippen LogP contribution is 2.17. The molecule has 2 N–H and O–H groups in total. The molecular weight excluding hydrogens is 278 g/mol. The predicted molar refractivity (Wildman–Crippen MR) is 89.1 cm³/mol. The molecule has 0 bridgehead atoms. The zero-order chi connectivity index (χ0) is 15.9. The van der Waals surface area contributed by atoms with Gasteiger partial charge >= 0.3 is 6.03 Å². The summed E-state index contributed by atoms with van der Waals surface area (Å²) in [5.74, 6) is 0. The zero-order valence-corrected chi connectivity index (χ0v) is 13.6. The summed E-state index contributed by atoms with van der Waals surface area (Å²) in [6.07, 6.45) is 2.79. The minimum Gasteiger partial charge on any atom is -0.396 e. The van der Waals surface area contributed by atoms with Gasteiger partial charge in [0.05, 0.1) is 0 Å². The van der Waals surface area contributed by atoms with Crippen molar-refractivity contribution in [3.63, 3.8) is 0 Å². The van der Waals surface area contributed by atoms with Crippen LogP contribution in [0.25, 0.3) is 0 Å². The monoisotopic (exact) mass is 305 g/mol. The number of rotatable bonds is 5. The first kappa shape index (κ1) is 16.8. The molecule has 2 rings (SSSR count). The van der Waals surface area contributed by atoms with Crippen LogP contribution in [0.1, 0.15) is 24.8 Å². The van der Waals surface area contributed by atoms with Gasteiger partial charge in [-0.2, -0.15) is 0 Å². The van der Waals surface area contributed by atoms with Crippen molar-refractivity contribution in [2.24, 2.45) is 0 Å². The molecule has 22 heavy (non-hydrogen) atoms. The number of anilines is 1. The molecule has 2 amide bonds. The van der Waals surface area contributed by atoms with E-state index >= 15 is 0 Å². The van der Waals surface area contributed by atoms with Gasteiger partial charge in [0, 0.05) is 38.0 Å².